The lowest BCUT2D eigenvalue weighted by Crippen LogP contribution is -2.32. The first-order valence-corrected chi connectivity index (χ1v) is 11.6. The van der Waals surface area contributed by atoms with Crippen LogP contribution in [0.3, 0.4) is 0 Å². The van der Waals surface area contributed by atoms with Gasteiger partial charge in [-0.15, -0.1) is 0 Å². The fourth-order valence-corrected chi connectivity index (χ4v) is 3.81. The molecule has 0 saturated heterocycles. The largest absolute Gasteiger partial charge is 0.506 e. The molecule has 0 aliphatic carbocycles. The number of phenols is 1. The van der Waals surface area contributed by atoms with E-state index in [1.807, 2.05) is 32.0 Å². The number of aromatic hydroxyl groups is 1. The van der Waals surface area contributed by atoms with Crippen LogP contribution in [-0.2, 0) is 4.79 Å². The SMILES string of the molecule is CCC(Oc1cccc(C)c1)C(=O)Nc1cc(O)c(NC(=O)c2ccc(Cl)c(Cl)c2C)cc1Cl. The number of ether oxygens (including phenoxy) is 1. The highest BCUT2D eigenvalue weighted by Crippen LogP contribution is 2.35. The maximum atomic E-state index is 12.8. The fraction of sp³-hybridized carbons (Fsp3) is 0.200. The molecule has 178 valence electrons. The summed E-state index contributed by atoms with van der Waals surface area (Å²) in [5.74, 6) is -0.629. The van der Waals surface area contributed by atoms with E-state index in [1.165, 1.54) is 24.3 Å². The van der Waals surface area contributed by atoms with Gasteiger partial charge in [0.25, 0.3) is 11.8 Å². The van der Waals surface area contributed by atoms with Gasteiger partial charge in [0.15, 0.2) is 6.10 Å². The number of aryl methyl sites for hydroxylation is 1. The van der Waals surface area contributed by atoms with Gasteiger partial charge >= 0.3 is 0 Å². The molecule has 0 aliphatic rings. The molecule has 0 aromatic heterocycles. The van der Waals surface area contributed by atoms with Gasteiger partial charge in [0.1, 0.15) is 11.5 Å². The Balaban J connectivity index is 1.75. The third kappa shape index (κ3) is 5.95. The van der Waals surface area contributed by atoms with E-state index in [0.29, 0.717) is 28.3 Å². The van der Waals surface area contributed by atoms with Gasteiger partial charge in [0.2, 0.25) is 0 Å². The van der Waals surface area contributed by atoms with Crippen molar-refractivity contribution in [3.8, 4) is 11.5 Å². The number of hydrogen-bond acceptors (Lipinski definition) is 4. The molecule has 3 aromatic rings. The molecule has 0 fully saturated rings. The number of benzene rings is 3. The molecular weight excluding hydrogens is 499 g/mol. The van der Waals surface area contributed by atoms with Crippen LogP contribution in [0, 0.1) is 13.8 Å². The number of nitrogens with one attached hydrogen (secondary N) is 2. The first kappa shape index (κ1) is 25.7. The predicted molar refractivity (Wildman–Crippen MR) is 137 cm³/mol. The smallest absolute Gasteiger partial charge is 0.265 e. The Morgan fingerprint density at radius 2 is 1.71 bits per heavy atom. The van der Waals surface area contributed by atoms with Crippen molar-refractivity contribution in [2.24, 2.45) is 0 Å². The average molecular weight is 522 g/mol. The third-order valence-electron chi connectivity index (χ3n) is 5.11. The molecule has 3 aromatic carbocycles. The monoisotopic (exact) mass is 520 g/mol. The van der Waals surface area contributed by atoms with Crippen LogP contribution in [0.2, 0.25) is 15.1 Å². The molecule has 3 rings (SSSR count). The molecule has 3 N–H and O–H groups in total. The number of amides is 2. The van der Waals surface area contributed by atoms with E-state index < -0.39 is 17.9 Å². The standard InChI is InChI=1S/C25H23Cl3N2O4/c1-4-22(34-15-7-5-6-13(2)10-15)25(33)29-19-12-21(31)20(11-18(19)27)30-24(32)16-8-9-17(26)23(28)14(16)3/h5-12,22,31H,4H2,1-3H3,(H,29,33)(H,30,32). The normalized spacial score (nSPS) is 11.6. The van der Waals surface area contributed by atoms with E-state index in [2.05, 4.69) is 10.6 Å². The summed E-state index contributed by atoms with van der Waals surface area (Å²) >= 11 is 18.4. The molecule has 9 heteroatoms. The van der Waals surface area contributed by atoms with Gasteiger partial charge < -0.3 is 20.5 Å². The van der Waals surface area contributed by atoms with Gasteiger partial charge in [0.05, 0.1) is 26.4 Å². The zero-order valence-electron chi connectivity index (χ0n) is 18.7. The second-order valence-corrected chi connectivity index (χ2v) is 8.85. The van der Waals surface area contributed by atoms with Gasteiger partial charge in [-0.2, -0.15) is 0 Å². The highest BCUT2D eigenvalue weighted by molar-refractivity contribution is 6.42. The second kappa shape index (κ2) is 11.0. The van der Waals surface area contributed by atoms with E-state index in [0.717, 1.165) is 5.56 Å². The fourth-order valence-electron chi connectivity index (χ4n) is 3.23. The van der Waals surface area contributed by atoms with Crippen LogP contribution in [0.5, 0.6) is 11.5 Å². The number of rotatable bonds is 7. The molecule has 0 heterocycles. The van der Waals surface area contributed by atoms with Gasteiger partial charge in [-0.05, 0) is 61.7 Å². The van der Waals surface area contributed by atoms with Gasteiger partial charge in [-0.25, -0.2) is 0 Å². The molecule has 1 unspecified atom stereocenters. The maximum Gasteiger partial charge on any atom is 0.265 e. The Morgan fingerprint density at radius 3 is 2.38 bits per heavy atom. The van der Waals surface area contributed by atoms with Crippen LogP contribution in [0.15, 0.2) is 48.5 Å². The molecule has 0 spiro atoms. The molecule has 0 bridgehead atoms. The van der Waals surface area contributed by atoms with Crippen molar-refractivity contribution in [2.45, 2.75) is 33.3 Å². The number of halogens is 3. The van der Waals surface area contributed by atoms with E-state index in [1.54, 1.807) is 13.0 Å². The Bertz CT molecular complexity index is 1250. The number of phenolic OH excluding ortho intramolecular Hbond substituents is 1. The first-order chi connectivity index (χ1) is 16.1. The molecule has 2 amide bonds. The molecule has 1 atom stereocenters. The van der Waals surface area contributed by atoms with E-state index >= 15 is 0 Å². The minimum Gasteiger partial charge on any atom is -0.506 e. The van der Waals surface area contributed by atoms with Crippen molar-refractivity contribution in [1.29, 1.82) is 0 Å². The first-order valence-electron chi connectivity index (χ1n) is 10.4. The van der Waals surface area contributed by atoms with Crippen LogP contribution in [0.1, 0.15) is 34.8 Å². The summed E-state index contributed by atoms with van der Waals surface area (Å²) in [5.41, 5.74) is 2.05. The summed E-state index contributed by atoms with van der Waals surface area (Å²) in [7, 11) is 0. The zero-order chi connectivity index (χ0) is 25.0. The molecule has 0 saturated carbocycles. The maximum absolute atomic E-state index is 12.8. The molecular formula is C25H23Cl3N2O4. The molecule has 34 heavy (non-hydrogen) atoms. The Kier molecular flexibility index (Phi) is 8.31. The van der Waals surface area contributed by atoms with Crippen molar-refractivity contribution in [3.05, 3.63) is 80.3 Å². The van der Waals surface area contributed by atoms with Crippen molar-refractivity contribution in [3.63, 3.8) is 0 Å². The van der Waals surface area contributed by atoms with Crippen LogP contribution in [0.4, 0.5) is 11.4 Å². The molecule has 0 aliphatic heterocycles. The topological polar surface area (TPSA) is 87.7 Å². The summed E-state index contributed by atoms with van der Waals surface area (Å²) in [4.78, 5) is 25.5. The number of carbonyl (C=O) groups excluding carboxylic acids is 2. The van der Waals surface area contributed by atoms with Gasteiger partial charge in [-0.3, -0.25) is 9.59 Å². The Labute approximate surface area is 212 Å². The van der Waals surface area contributed by atoms with E-state index in [-0.39, 0.29) is 27.2 Å². The van der Waals surface area contributed by atoms with Crippen LogP contribution in [0.25, 0.3) is 0 Å². The summed E-state index contributed by atoms with van der Waals surface area (Å²) in [5, 5.41) is 16.4. The van der Waals surface area contributed by atoms with Crippen molar-refractivity contribution in [1.82, 2.24) is 0 Å². The number of anilines is 2. The van der Waals surface area contributed by atoms with Crippen molar-refractivity contribution < 1.29 is 19.4 Å². The van der Waals surface area contributed by atoms with E-state index in [9.17, 15) is 14.7 Å². The molecule has 6 nitrogen and oxygen atoms in total. The third-order valence-corrected chi connectivity index (χ3v) is 6.32. The van der Waals surface area contributed by atoms with Crippen molar-refractivity contribution in [2.75, 3.05) is 10.6 Å². The quantitative estimate of drug-likeness (QED) is 0.292. The van der Waals surface area contributed by atoms with Crippen LogP contribution < -0.4 is 15.4 Å². The predicted octanol–water partition coefficient (Wildman–Crippen LogP) is 7.02. The lowest BCUT2D eigenvalue weighted by molar-refractivity contribution is -0.122. The summed E-state index contributed by atoms with van der Waals surface area (Å²) < 4.78 is 5.81. The average Bonchev–Trinajstić information content (AvgIpc) is 2.79. The minimum atomic E-state index is -0.767. The summed E-state index contributed by atoms with van der Waals surface area (Å²) in [6.07, 6.45) is -0.349. The Hall–Kier alpha value is -2.93. The highest BCUT2D eigenvalue weighted by Gasteiger charge is 2.21. The number of carbonyl (C=O) groups is 2. The molecule has 0 radical (unpaired) electrons. The summed E-state index contributed by atoms with van der Waals surface area (Å²) in [6.45, 7) is 5.42. The van der Waals surface area contributed by atoms with Crippen LogP contribution >= 0.6 is 34.8 Å². The van der Waals surface area contributed by atoms with E-state index in [4.69, 9.17) is 39.5 Å². The van der Waals surface area contributed by atoms with Gasteiger partial charge in [-0.1, -0.05) is 53.9 Å². The lowest BCUT2D eigenvalue weighted by atomic mass is 10.1. The highest BCUT2D eigenvalue weighted by atomic mass is 35.5. The number of hydrogen-bond donors (Lipinski definition) is 3. The lowest BCUT2D eigenvalue weighted by Gasteiger charge is -2.19. The summed E-state index contributed by atoms with van der Waals surface area (Å²) in [6, 6.07) is 13.0. The van der Waals surface area contributed by atoms with Crippen molar-refractivity contribution >= 4 is 58.0 Å². The minimum absolute atomic E-state index is 0.0709. The zero-order valence-corrected chi connectivity index (χ0v) is 21.0. The Morgan fingerprint density at radius 1 is 0.971 bits per heavy atom. The van der Waals surface area contributed by atoms with Crippen LogP contribution in [-0.4, -0.2) is 23.0 Å². The van der Waals surface area contributed by atoms with Gasteiger partial charge in [0, 0.05) is 11.6 Å². The second-order valence-electron chi connectivity index (χ2n) is 7.66.